The quantitative estimate of drug-likeness (QED) is 0.862. The molecule has 0 aliphatic heterocycles. The standard InChI is InChI=1S/C13H16ClNO2/c14-11-8-9(13(16)17)6-7-12(11)15-10-4-2-1-3-5-10/h6-8,10,15H,1-5H2,(H,16,17). The second-order valence-electron chi connectivity index (χ2n) is 4.48. The number of anilines is 1. The second-order valence-corrected chi connectivity index (χ2v) is 4.89. The monoisotopic (exact) mass is 253 g/mol. The maximum Gasteiger partial charge on any atom is 0.335 e. The maximum absolute atomic E-state index is 10.8. The SMILES string of the molecule is O=C(O)c1ccc(NC2CCCCC2)c(Cl)c1. The Bertz CT molecular complexity index is 414. The van der Waals surface area contributed by atoms with E-state index in [2.05, 4.69) is 5.32 Å². The minimum absolute atomic E-state index is 0.226. The molecule has 0 amide bonds. The van der Waals surface area contributed by atoms with E-state index in [1.807, 2.05) is 0 Å². The molecule has 0 radical (unpaired) electrons. The molecule has 1 aliphatic carbocycles. The Kier molecular flexibility index (Phi) is 3.89. The van der Waals surface area contributed by atoms with Crippen molar-refractivity contribution in [3.05, 3.63) is 28.8 Å². The van der Waals surface area contributed by atoms with E-state index in [1.165, 1.54) is 25.3 Å². The Labute approximate surface area is 106 Å². The van der Waals surface area contributed by atoms with E-state index in [4.69, 9.17) is 16.7 Å². The fourth-order valence-electron chi connectivity index (χ4n) is 2.23. The van der Waals surface area contributed by atoms with Gasteiger partial charge in [-0.2, -0.15) is 0 Å². The van der Waals surface area contributed by atoms with Crippen molar-refractivity contribution in [1.29, 1.82) is 0 Å². The molecule has 3 nitrogen and oxygen atoms in total. The van der Waals surface area contributed by atoms with Crippen molar-refractivity contribution in [1.82, 2.24) is 0 Å². The van der Waals surface area contributed by atoms with Gasteiger partial charge in [-0.25, -0.2) is 4.79 Å². The van der Waals surface area contributed by atoms with Crippen LogP contribution in [0, 0.1) is 0 Å². The van der Waals surface area contributed by atoms with E-state index < -0.39 is 5.97 Å². The summed E-state index contributed by atoms with van der Waals surface area (Å²) in [6, 6.07) is 5.30. The van der Waals surface area contributed by atoms with Crippen LogP contribution >= 0.6 is 11.6 Å². The zero-order chi connectivity index (χ0) is 12.3. The summed E-state index contributed by atoms with van der Waals surface area (Å²) in [5.74, 6) is -0.948. The Hall–Kier alpha value is -1.22. The summed E-state index contributed by atoms with van der Waals surface area (Å²) in [5, 5.41) is 12.7. The molecule has 0 aromatic heterocycles. The molecule has 1 aromatic carbocycles. The fraction of sp³-hybridized carbons (Fsp3) is 0.462. The number of carboxylic acids is 1. The number of carboxylic acid groups (broad SMARTS) is 1. The van der Waals surface area contributed by atoms with Crippen LogP contribution in [0.15, 0.2) is 18.2 Å². The van der Waals surface area contributed by atoms with Crippen LogP contribution in [-0.4, -0.2) is 17.1 Å². The molecule has 17 heavy (non-hydrogen) atoms. The lowest BCUT2D eigenvalue weighted by atomic mass is 9.95. The summed E-state index contributed by atoms with van der Waals surface area (Å²) in [6.07, 6.45) is 6.14. The average Bonchev–Trinajstić information content (AvgIpc) is 2.33. The van der Waals surface area contributed by atoms with Gasteiger partial charge in [0.15, 0.2) is 0 Å². The van der Waals surface area contributed by atoms with Crippen molar-refractivity contribution < 1.29 is 9.90 Å². The van der Waals surface area contributed by atoms with Gasteiger partial charge in [-0.05, 0) is 31.0 Å². The lowest BCUT2D eigenvalue weighted by molar-refractivity contribution is 0.0697. The van der Waals surface area contributed by atoms with Crippen molar-refractivity contribution in [2.45, 2.75) is 38.1 Å². The summed E-state index contributed by atoms with van der Waals surface area (Å²) in [6.45, 7) is 0. The van der Waals surface area contributed by atoms with Gasteiger partial charge in [0.1, 0.15) is 0 Å². The van der Waals surface area contributed by atoms with Crippen LogP contribution in [0.4, 0.5) is 5.69 Å². The van der Waals surface area contributed by atoms with Crippen molar-refractivity contribution in [2.75, 3.05) is 5.32 Å². The largest absolute Gasteiger partial charge is 0.478 e. The molecule has 4 heteroatoms. The van der Waals surface area contributed by atoms with Crippen molar-refractivity contribution in [2.24, 2.45) is 0 Å². The van der Waals surface area contributed by atoms with Crippen molar-refractivity contribution in [3.8, 4) is 0 Å². The van der Waals surface area contributed by atoms with E-state index in [0.29, 0.717) is 11.1 Å². The number of hydrogen-bond acceptors (Lipinski definition) is 2. The van der Waals surface area contributed by atoms with Crippen LogP contribution in [-0.2, 0) is 0 Å². The van der Waals surface area contributed by atoms with Gasteiger partial charge in [0.25, 0.3) is 0 Å². The molecule has 1 fully saturated rings. The van der Waals surface area contributed by atoms with Gasteiger partial charge in [0.05, 0.1) is 16.3 Å². The molecule has 0 bridgehead atoms. The molecular weight excluding hydrogens is 238 g/mol. The molecule has 0 unspecified atom stereocenters. The van der Waals surface area contributed by atoms with E-state index in [1.54, 1.807) is 12.1 Å². The molecule has 1 aliphatic rings. The number of hydrogen-bond donors (Lipinski definition) is 2. The molecule has 1 aromatic rings. The van der Waals surface area contributed by atoms with E-state index >= 15 is 0 Å². The zero-order valence-electron chi connectivity index (χ0n) is 9.58. The predicted molar refractivity (Wildman–Crippen MR) is 68.9 cm³/mol. The van der Waals surface area contributed by atoms with E-state index in [0.717, 1.165) is 18.5 Å². The van der Waals surface area contributed by atoms with Gasteiger partial charge in [0, 0.05) is 6.04 Å². The number of benzene rings is 1. The lowest BCUT2D eigenvalue weighted by Crippen LogP contribution is -2.22. The van der Waals surface area contributed by atoms with Crippen LogP contribution in [0.5, 0.6) is 0 Å². The van der Waals surface area contributed by atoms with Crippen LogP contribution in [0.1, 0.15) is 42.5 Å². The highest BCUT2D eigenvalue weighted by Crippen LogP contribution is 2.27. The number of halogens is 1. The molecule has 2 rings (SSSR count). The van der Waals surface area contributed by atoms with Gasteiger partial charge < -0.3 is 10.4 Å². The summed E-state index contributed by atoms with van der Waals surface area (Å²) in [5.41, 5.74) is 1.06. The predicted octanol–water partition coefficient (Wildman–Crippen LogP) is 3.78. The highest BCUT2D eigenvalue weighted by atomic mass is 35.5. The first-order valence-electron chi connectivity index (χ1n) is 5.96. The van der Waals surface area contributed by atoms with Crippen molar-refractivity contribution in [3.63, 3.8) is 0 Å². The summed E-state index contributed by atoms with van der Waals surface area (Å²) in [4.78, 5) is 10.8. The molecule has 0 heterocycles. The third-order valence-corrected chi connectivity index (χ3v) is 3.49. The first kappa shape index (κ1) is 12.2. The Morgan fingerprint density at radius 1 is 1.29 bits per heavy atom. The van der Waals surface area contributed by atoms with Gasteiger partial charge in [0.2, 0.25) is 0 Å². The van der Waals surface area contributed by atoms with Gasteiger partial charge >= 0.3 is 5.97 Å². The Morgan fingerprint density at radius 2 is 2.00 bits per heavy atom. The van der Waals surface area contributed by atoms with Gasteiger partial charge in [-0.1, -0.05) is 30.9 Å². The van der Waals surface area contributed by atoms with Gasteiger partial charge in [-0.15, -0.1) is 0 Å². The molecule has 1 saturated carbocycles. The summed E-state index contributed by atoms with van der Waals surface area (Å²) in [7, 11) is 0. The molecule has 2 N–H and O–H groups in total. The molecule has 0 saturated heterocycles. The number of aromatic carboxylic acids is 1. The minimum atomic E-state index is -0.948. The summed E-state index contributed by atoms with van der Waals surface area (Å²) < 4.78 is 0. The first-order valence-corrected chi connectivity index (χ1v) is 6.34. The van der Waals surface area contributed by atoms with Crippen LogP contribution in [0.3, 0.4) is 0 Å². The smallest absolute Gasteiger partial charge is 0.335 e. The normalized spacial score (nSPS) is 16.8. The highest BCUT2D eigenvalue weighted by molar-refractivity contribution is 6.33. The first-order chi connectivity index (χ1) is 8.16. The number of nitrogens with one attached hydrogen (secondary N) is 1. The third-order valence-electron chi connectivity index (χ3n) is 3.18. The average molecular weight is 254 g/mol. The third kappa shape index (κ3) is 3.13. The topological polar surface area (TPSA) is 49.3 Å². The second kappa shape index (κ2) is 5.41. The Balaban J connectivity index is 2.08. The Morgan fingerprint density at radius 3 is 2.59 bits per heavy atom. The molecule has 0 spiro atoms. The molecule has 0 atom stereocenters. The van der Waals surface area contributed by atoms with Crippen LogP contribution in [0.2, 0.25) is 5.02 Å². The van der Waals surface area contributed by atoms with Crippen LogP contribution in [0.25, 0.3) is 0 Å². The van der Waals surface area contributed by atoms with Crippen LogP contribution < -0.4 is 5.32 Å². The van der Waals surface area contributed by atoms with E-state index in [9.17, 15) is 4.79 Å². The van der Waals surface area contributed by atoms with Gasteiger partial charge in [-0.3, -0.25) is 0 Å². The zero-order valence-corrected chi connectivity index (χ0v) is 10.3. The summed E-state index contributed by atoms with van der Waals surface area (Å²) >= 11 is 6.07. The molecular formula is C13H16ClNO2. The highest BCUT2D eigenvalue weighted by Gasteiger charge is 2.14. The minimum Gasteiger partial charge on any atom is -0.478 e. The molecule has 92 valence electrons. The number of carbonyl (C=O) groups is 1. The maximum atomic E-state index is 10.8. The fourth-order valence-corrected chi connectivity index (χ4v) is 2.47. The van der Waals surface area contributed by atoms with Crippen molar-refractivity contribution >= 4 is 23.3 Å². The lowest BCUT2D eigenvalue weighted by Gasteiger charge is -2.24. The van der Waals surface area contributed by atoms with E-state index in [-0.39, 0.29) is 5.56 Å². The number of rotatable bonds is 3.